The summed E-state index contributed by atoms with van der Waals surface area (Å²) in [5.41, 5.74) is 0. The van der Waals surface area contributed by atoms with Gasteiger partial charge in [-0.2, -0.15) is 0 Å². The van der Waals surface area contributed by atoms with Crippen LogP contribution in [0.2, 0.25) is 0 Å². The van der Waals surface area contributed by atoms with Crippen LogP contribution in [0.4, 0.5) is 0 Å². The van der Waals surface area contributed by atoms with Crippen LogP contribution in [0.3, 0.4) is 0 Å². The molecule has 0 aromatic rings. The van der Waals surface area contributed by atoms with E-state index >= 15 is 0 Å². The first-order valence-corrected chi connectivity index (χ1v) is 13.1. The maximum Gasteiger partial charge on any atom is 0.306 e. The molecule has 172 valence electrons. The second kappa shape index (κ2) is 23.5. The number of carboxylic acid groups (broad SMARTS) is 1. The number of rotatable bonds is 23. The van der Waals surface area contributed by atoms with E-state index in [2.05, 4.69) is 26.0 Å². The first kappa shape index (κ1) is 28.2. The van der Waals surface area contributed by atoms with Crippen molar-refractivity contribution in [2.45, 2.75) is 149 Å². The molecule has 1 N–H and O–H groups in total. The third kappa shape index (κ3) is 21.7. The molecule has 0 aliphatic heterocycles. The Hall–Kier alpha value is -0.790. The Bertz CT molecular complexity index is 362. The molecule has 0 aliphatic carbocycles. The lowest BCUT2D eigenvalue weighted by atomic mass is 9.94. The van der Waals surface area contributed by atoms with Crippen LogP contribution < -0.4 is 0 Å². The van der Waals surface area contributed by atoms with E-state index in [0.717, 1.165) is 25.7 Å². The van der Waals surface area contributed by atoms with Crippen molar-refractivity contribution < 1.29 is 9.90 Å². The lowest BCUT2D eigenvalue weighted by molar-refractivity contribution is -0.142. The second-order valence-electron chi connectivity index (χ2n) is 8.96. The van der Waals surface area contributed by atoms with Gasteiger partial charge in [0.05, 0.1) is 5.92 Å². The standard InChI is InChI=1S/C27H52O2/c1-3-5-7-8-9-10-11-12-13-14-15-16-17-18-19-20-21-23-25-26(27(28)29)24-22-6-4-2/h12-13,26H,3-11,14-25H2,1-2H3,(H,28,29)/b13-12-. The summed E-state index contributed by atoms with van der Waals surface area (Å²) in [6.07, 6.45) is 31.1. The van der Waals surface area contributed by atoms with Gasteiger partial charge in [0, 0.05) is 0 Å². The lowest BCUT2D eigenvalue weighted by Crippen LogP contribution is -2.13. The van der Waals surface area contributed by atoms with E-state index in [0.29, 0.717) is 0 Å². The fourth-order valence-corrected chi connectivity index (χ4v) is 4.02. The van der Waals surface area contributed by atoms with Crippen LogP contribution in [0.5, 0.6) is 0 Å². The molecule has 2 nitrogen and oxygen atoms in total. The Morgan fingerprint density at radius 2 is 0.931 bits per heavy atom. The maximum atomic E-state index is 11.3. The first-order valence-electron chi connectivity index (χ1n) is 13.1. The molecule has 0 aliphatic rings. The molecule has 1 atom stereocenters. The predicted octanol–water partition coefficient (Wildman–Crippen LogP) is 9.48. The average molecular weight is 409 g/mol. The Labute approximate surface area is 182 Å². The number of carbonyl (C=O) groups is 1. The molecule has 0 fully saturated rings. The van der Waals surface area contributed by atoms with Crippen molar-refractivity contribution in [3.8, 4) is 0 Å². The van der Waals surface area contributed by atoms with Crippen LogP contribution >= 0.6 is 0 Å². The van der Waals surface area contributed by atoms with Crippen molar-refractivity contribution >= 4 is 5.97 Å². The molecule has 29 heavy (non-hydrogen) atoms. The van der Waals surface area contributed by atoms with Gasteiger partial charge in [-0.05, 0) is 38.5 Å². The molecule has 0 saturated heterocycles. The predicted molar refractivity (Wildman–Crippen MR) is 129 cm³/mol. The van der Waals surface area contributed by atoms with Gasteiger partial charge in [-0.15, -0.1) is 0 Å². The number of aliphatic carboxylic acids is 1. The van der Waals surface area contributed by atoms with Crippen molar-refractivity contribution in [3.63, 3.8) is 0 Å². The second-order valence-corrected chi connectivity index (χ2v) is 8.96. The molecule has 0 heterocycles. The van der Waals surface area contributed by atoms with Crippen molar-refractivity contribution in [2.75, 3.05) is 0 Å². The normalized spacial score (nSPS) is 12.6. The summed E-state index contributed by atoms with van der Waals surface area (Å²) in [5.74, 6) is -0.683. The van der Waals surface area contributed by atoms with Gasteiger partial charge < -0.3 is 5.11 Å². The fourth-order valence-electron chi connectivity index (χ4n) is 4.02. The maximum absolute atomic E-state index is 11.3. The largest absolute Gasteiger partial charge is 0.481 e. The molecule has 0 bridgehead atoms. The van der Waals surface area contributed by atoms with Gasteiger partial charge in [-0.1, -0.05) is 122 Å². The molecule has 2 heteroatoms. The minimum absolute atomic E-state index is 0.101. The van der Waals surface area contributed by atoms with Gasteiger partial charge in [-0.3, -0.25) is 4.79 Å². The summed E-state index contributed by atoms with van der Waals surface area (Å²) in [6.45, 7) is 4.45. The van der Waals surface area contributed by atoms with Gasteiger partial charge in [0.1, 0.15) is 0 Å². The number of hydrogen-bond acceptors (Lipinski definition) is 1. The van der Waals surface area contributed by atoms with E-state index in [1.807, 2.05) is 0 Å². The molecule has 0 aromatic carbocycles. The Kier molecular flexibility index (Phi) is 22.8. The smallest absolute Gasteiger partial charge is 0.306 e. The molecule has 1 unspecified atom stereocenters. The minimum atomic E-state index is -0.581. The summed E-state index contributed by atoms with van der Waals surface area (Å²) in [4.78, 5) is 11.3. The van der Waals surface area contributed by atoms with Crippen molar-refractivity contribution in [1.82, 2.24) is 0 Å². The molecule has 0 saturated carbocycles. The van der Waals surface area contributed by atoms with Crippen molar-refractivity contribution in [1.29, 1.82) is 0 Å². The van der Waals surface area contributed by atoms with Crippen LogP contribution in [0, 0.1) is 5.92 Å². The highest BCUT2D eigenvalue weighted by Gasteiger charge is 2.15. The molecular formula is C27H52O2. The minimum Gasteiger partial charge on any atom is -0.481 e. The highest BCUT2D eigenvalue weighted by molar-refractivity contribution is 5.69. The summed E-state index contributed by atoms with van der Waals surface area (Å²) >= 11 is 0. The molecular weight excluding hydrogens is 356 g/mol. The van der Waals surface area contributed by atoms with Crippen LogP contribution in [0.15, 0.2) is 12.2 Å². The van der Waals surface area contributed by atoms with Gasteiger partial charge in [-0.25, -0.2) is 0 Å². The van der Waals surface area contributed by atoms with Crippen molar-refractivity contribution in [2.24, 2.45) is 5.92 Å². The van der Waals surface area contributed by atoms with Crippen LogP contribution in [-0.4, -0.2) is 11.1 Å². The zero-order valence-electron chi connectivity index (χ0n) is 19.9. The number of allylic oxidation sites excluding steroid dienone is 2. The van der Waals surface area contributed by atoms with Crippen molar-refractivity contribution in [3.05, 3.63) is 12.2 Å². The number of hydrogen-bond donors (Lipinski definition) is 1. The molecule has 0 rings (SSSR count). The monoisotopic (exact) mass is 408 g/mol. The lowest BCUT2D eigenvalue weighted by Gasteiger charge is -2.11. The number of carboxylic acids is 1. The average Bonchev–Trinajstić information content (AvgIpc) is 2.71. The third-order valence-electron chi connectivity index (χ3n) is 6.07. The fraction of sp³-hybridized carbons (Fsp3) is 0.889. The number of unbranched alkanes of at least 4 members (excludes halogenated alkanes) is 16. The summed E-state index contributed by atoms with van der Waals surface area (Å²) in [7, 11) is 0. The Balaban J connectivity index is 3.32. The van der Waals surface area contributed by atoms with E-state index < -0.39 is 5.97 Å². The van der Waals surface area contributed by atoms with Gasteiger partial charge in [0.25, 0.3) is 0 Å². The Morgan fingerprint density at radius 3 is 1.38 bits per heavy atom. The summed E-state index contributed by atoms with van der Waals surface area (Å²) in [6, 6.07) is 0. The summed E-state index contributed by atoms with van der Waals surface area (Å²) < 4.78 is 0. The molecule has 0 spiro atoms. The first-order chi connectivity index (χ1) is 14.2. The SMILES string of the molecule is CCCCCCCC/C=C\CCCCCCCCCCC(CCCCC)C(=O)O. The highest BCUT2D eigenvalue weighted by atomic mass is 16.4. The van der Waals surface area contributed by atoms with Gasteiger partial charge >= 0.3 is 5.97 Å². The topological polar surface area (TPSA) is 37.3 Å². The zero-order valence-corrected chi connectivity index (χ0v) is 19.9. The van der Waals surface area contributed by atoms with Crippen LogP contribution in [0.1, 0.15) is 149 Å². The van der Waals surface area contributed by atoms with E-state index in [9.17, 15) is 9.90 Å². The van der Waals surface area contributed by atoms with E-state index in [1.165, 1.54) is 109 Å². The van der Waals surface area contributed by atoms with Gasteiger partial charge in [0.15, 0.2) is 0 Å². The van der Waals surface area contributed by atoms with E-state index in [4.69, 9.17) is 0 Å². The van der Waals surface area contributed by atoms with Gasteiger partial charge in [0.2, 0.25) is 0 Å². The quantitative estimate of drug-likeness (QED) is 0.135. The highest BCUT2D eigenvalue weighted by Crippen LogP contribution is 2.19. The zero-order chi connectivity index (χ0) is 21.4. The molecule has 0 radical (unpaired) electrons. The summed E-state index contributed by atoms with van der Waals surface area (Å²) in [5, 5.41) is 9.31. The van der Waals surface area contributed by atoms with Crippen LogP contribution in [-0.2, 0) is 4.79 Å². The van der Waals surface area contributed by atoms with E-state index in [-0.39, 0.29) is 5.92 Å². The van der Waals surface area contributed by atoms with Crippen LogP contribution in [0.25, 0.3) is 0 Å². The molecule has 0 amide bonds. The van der Waals surface area contributed by atoms with E-state index in [1.54, 1.807) is 0 Å². The molecule has 0 aromatic heterocycles. The third-order valence-corrected chi connectivity index (χ3v) is 6.07. The Morgan fingerprint density at radius 1 is 0.586 bits per heavy atom.